The first kappa shape index (κ1) is 16.7. The van der Waals surface area contributed by atoms with Crippen molar-refractivity contribution in [3.8, 4) is 0 Å². The molecule has 1 N–H and O–H groups in total. The van der Waals surface area contributed by atoms with E-state index in [1.165, 1.54) is 24.7 Å². The quantitative estimate of drug-likeness (QED) is 0.920. The highest BCUT2D eigenvalue weighted by atomic mass is 16.5. The number of anilines is 2. The minimum Gasteiger partial charge on any atom is -0.371 e. The molecule has 0 spiro atoms. The number of carbonyl (C=O) groups is 2. The summed E-state index contributed by atoms with van der Waals surface area (Å²) in [7, 11) is 1.66. The van der Waals surface area contributed by atoms with Crippen molar-refractivity contribution >= 4 is 23.4 Å². The molecule has 2 unspecified atom stereocenters. The number of nitrogens with one attached hydrogen (secondary N) is 1. The fraction of sp³-hybridized carbons (Fsp3) is 0.588. The Hall–Kier alpha value is -2.15. The van der Waals surface area contributed by atoms with Crippen LogP contribution in [0.15, 0.2) is 18.3 Å². The summed E-state index contributed by atoms with van der Waals surface area (Å²) in [4.78, 5) is 31.3. The number of morpholine rings is 1. The largest absolute Gasteiger partial charge is 0.371 e. The second-order valence-corrected chi connectivity index (χ2v) is 6.64. The van der Waals surface area contributed by atoms with E-state index in [4.69, 9.17) is 4.74 Å². The van der Waals surface area contributed by atoms with Crippen LogP contribution in [-0.4, -0.2) is 54.2 Å². The Morgan fingerprint density at radius 1 is 1.33 bits per heavy atom. The molecule has 1 aromatic heterocycles. The maximum atomic E-state index is 12.5. The van der Waals surface area contributed by atoms with E-state index >= 15 is 0 Å². The van der Waals surface area contributed by atoms with Gasteiger partial charge >= 0.3 is 6.03 Å². The molecule has 1 aliphatic heterocycles. The van der Waals surface area contributed by atoms with Crippen molar-refractivity contribution in [3.05, 3.63) is 18.3 Å². The third-order valence-electron chi connectivity index (χ3n) is 4.54. The first-order valence-corrected chi connectivity index (χ1v) is 8.35. The molecule has 0 bridgehead atoms. The van der Waals surface area contributed by atoms with E-state index in [0.29, 0.717) is 30.5 Å². The van der Waals surface area contributed by atoms with Gasteiger partial charge in [0.25, 0.3) is 0 Å². The molecule has 7 heteroatoms. The lowest BCUT2D eigenvalue weighted by Crippen LogP contribution is -2.51. The molecule has 2 fully saturated rings. The topological polar surface area (TPSA) is 74.8 Å². The Labute approximate surface area is 142 Å². The van der Waals surface area contributed by atoms with Crippen LogP contribution in [0.2, 0.25) is 0 Å². The van der Waals surface area contributed by atoms with Gasteiger partial charge in [-0.25, -0.2) is 9.78 Å². The third-order valence-corrected chi connectivity index (χ3v) is 4.54. The van der Waals surface area contributed by atoms with Crippen LogP contribution in [0, 0.1) is 5.92 Å². The van der Waals surface area contributed by atoms with Crippen LogP contribution in [-0.2, 0) is 9.53 Å². The number of carbonyl (C=O) groups excluding carboxylic acids is 2. The molecule has 130 valence electrons. The number of amides is 3. The van der Waals surface area contributed by atoms with Gasteiger partial charge in [0.05, 0.1) is 24.1 Å². The fourth-order valence-corrected chi connectivity index (χ4v) is 2.90. The Morgan fingerprint density at radius 3 is 2.67 bits per heavy atom. The molecule has 1 saturated carbocycles. The first-order chi connectivity index (χ1) is 11.4. The lowest BCUT2D eigenvalue weighted by atomic mass is 10.1. The second-order valence-electron chi connectivity index (χ2n) is 6.64. The average molecular weight is 332 g/mol. The zero-order chi connectivity index (χ0) is 17.3. The molecular formula is C17H24N4O3. The lowest BCUT2D eigenvalue weighted by molar-refractivity contribution is -0.116. The number of hydrogen-bond acceptors (Lipinski definition) is 4. The van der Waals surface area contributed by atoms with Gasteiger partial charge in [-0.05, 0) is 37.8 Å². The summed E-state index contributed by atoms with van der Waals surface area (Å²) in [5, 5.41) is 2.87. The highest BCUT2D eigenvalue weighted by Crippen LogP contribution is 2.36. The molecule has 2 atom stereocenters. The van der Waals surface area contributed by atoms with Crippen molar-refractivity contribution < 1.29 is 14.3 Å². The zero-order valence-electron chi connectivity index (χ0n) is 14.4. The number of ether oxygens (including phenoxy) is 1. The van der Waals surface area contributed by atoms with Crippen LogP contribution in [0.5, 0.6) is 0 Å². The molecule has 24 heavy (non-hydrogen) atoms. The summed E-state index contributed by atoms with van der Waals surface area (Å²) in [5.41, 5.74) is 0.614. The Kier molecular flexibility index (Phi) is 4.71. The number of rotatable bonds is 3. The van der Waals surface area contributed by atoms with Gasteiger partial charge in [0, 0.05) is 27.1 Å². The fourth-order valence-electron chi connectivity index (χ4n) is 2.90. The van der Waals surface area contributed by atoms with Gasteiger partial charge in [0.2, 0.25) is 5.91 Å². The van der Waals surface area contributed by atoms with Gasteiger partial charge in [-0.1, -0.05) is 0 Å². The predicted octanol–water partition coefficient (Wildman–Crippen LogP) is 2.10. The van der Waals surface area contributed by atoms with E-state index < -0.39 is 0 Å². The molecule has 1 saturated heterocycles. The standard InChI is InChI=1S/C17H24N4O3/c1-11-9-21(10-15(24-11)13-4-5-13)17(23)19-14-6-7-16(18-8-14)20(3)12(2)22/h6-8,11,13,15H,4-5,9-10H2,1-3H3,(H,19,23). The summed E-state index contributed by atoms with van der Waals surface area (Å²) >= 11 is 0. The maximum Gasteiger partial charge on any atom is 0.322 e. The van der Waals surface area contributed by atoms with Crippen LogP contribution in [0.3, 0.4) is 0 Å². The highest BCUT2D eigenvalue weighted by molar-refractivity contribution is 5.91. The van der Waals surface area contributed by atoms with Gasteiger partial charge < -0.3 is 19.9 Å². The van der Waals surface area contributed by atoms with Gasteiger partial charge in [0.15, 0.2) is 0 Å². The summed E-state index contributed by atoms with van der Waals surface area (Å²) in [5.74, 6) is 1.06. The van der Waals surface area contributed by atoms with Crippen LogP contribution in [0.4, 0.5) is 16.3 Å². The minimum atomic E-state index is -0.134. The predicted molar refractivity (Wildman–Crippen MR) is 91.0 cm³/mol. The Morgan fingerprint density at radius 2 is 2.08 bits per heavy atom. The van der Waals surface area contributed by atoms with Gasteiger partial charge in [-0.2, -0.15) is 0 Å². The molecule has 7 nitrogen and oxygen atoms in total. The molecule has 1 aromatic rings. The Balaban J connectivity index is 1.60. The van der Waals surface area contributed by atoms with Crippen LogP contribution >= 0.6 is 0 Å². The molecule has 3 amide bonds. The lowest BCUT2D eigenvalue weighted by Gasteiger charge is -2.37. The number of pyridine rings is 1. The zero-order valence-corrected chi connectivity index (χ0v) is 14.4. The molecule has 1 aliphatic carbocycles. The first-order valence-electron chi connectivity index (χ1n) is 8.35. The summed E-state index contributed by atoms with van der Waals surface area (Å²) in [6, 6.07) is 3.33. The van der Waals surface area contributed by atoms with Crippen molar-refractivity contribution in [2.75, 3.05) is 30.4 Å². The molecule has 0 aromatic carbocycles. The number of urea groups is 1. The second kappa shape index (κ2) is 6.76. The normalized spacial score (nSPS) is 23.7. The monoisotopic (exact) mass is 332 g/mol. The van der Waals surface area contributed by atoms with E-state index in [9.17, 15) is 9.59 Å². The van der Waals surface area contributed by atoms with E-state index in [0.717, 1.165) is 0 Å². The van der Waals surface area contributed by atoms with Crippen molar-refractivity contribution in [2.24, 2.45) is 5.92 Å². The van der Waals surface area contributed by atoms with Crippen LogP contribution in [0.1, 0.15) is 26.7 Å². The van der Waals surface area contributed by atoms with Crippen molar-refractivity contribution in [2.45, 2.75) is 38.9 Å². The Bertz CT molecular complexity index is 615. The van der Waals surface area contributed by atoms with E-state index in [-0.39, 0.29) is 24.1 Å². The van der Waals surface area contributed by atoms with E-state index in [1.807, 2.05) is 11.8 Å². The number of aromatic nitrogens is 1. The maximum absolute atomic E-state index is 12.5. The van der Waals surface area contributed by atoms with Crippen molar-refractivity contribution in [1.29, 1.82) is 0 Å². The van der Waals surface area contributed by atoms with Crippen molar-refractivity contribution in [1.82, 2.24) is 9.88 Å². The average Bonchev–Trinajstić information content (AvgIpc) is 3.39. The van der Waals surface area contributed by atoms with E-state index in [1.54, 1.807) is 25.4 Å². The molecule has 2 aliphatic rings. The van der Waals surface area contributed by atoms with Gasteiger partial charge in [0.1, 0.15) is 5.82 Å². The number of hydrogen-bond donors (Lipinski definition) is 1. The van der Waals surface area contributed by atoms with E-state index in [2.05, 4.69) is 10.3 Å². The summed E-state index contributed by atoms with van der Waals surface area (Å²) < 4.78 is 5.93. The minimum absolute atomic E-state index is 0.0554. The van der Waals surface area contributed by atoms with Gasteiger partial charge in [-0.3, -0.25) is 4.79 Å². The smallest absolute Gasteiger partial charge is 0.322 e. The van der Waals surface area contributed by atoms with Crippen LogP contribution < -0.4 is 10.2 Å². The number of nitrogens with zero attached hydrogens (tertiary/aromatic N) is 3. The van der Waals surface area contributed by atoms with Crippen molar-refractivity contribution in [3.63, 3.8) is 0 Å². The molecule has 2 heterocycles. The third kappa shape index (κ3) is 3.84. The summed E-state index contributed by atoms with van der Waals surface area (Å²) in [6.45, 7) is 4.71. The summed E-state index contributed by atoms with van der Waals surface area (Å²) in [6.07, 6.45) is 4.17. The SMILES string of the molecule is CC(=O)N(C)c1ccc(NC(=O)N2CC(C)OC(C3CC3)C2)cn1. The highest BCUT2D eigenvalue weighted by Gasteiger charge is 2.38. The van der Waals surface area contributed by atoms with Crippen LogP contribution in [0.25, 0.3) is 0 Å². The molecule has 3 rings (SSSR count). The molecular weight excluding hydrogens is 308 g/mol. The van der Waals surface area contributed by atoms with Gasteiger partial charge in [-0.15, -0.1) is 0 Å². The molecule has 0 radical (unpaired) electrons.